The molecule has 0 radical (unpaired) electrons. The molecule has 4 rings (SSSR count). The second-order valence-electron chi connectivity index (χ2n) is 7.87. The van der Waals surface area contributed by atoms with Crippen molar-refractivity contribution in [1.82, 2.24) is 4.90 Å². The van der Waals surface area contributed by atoms with Crippen molar-refractivity contribution in [2.75, 3.05) is 13.2 Å². The largest absolute Gasteiger partial charge is 0.507 e. The lowest BCUT2D eigenvalue weighted by Crippen LogP contribution is -2.29. The van der Waals surface area contributed by atoms with Crippen LogP contribution in [-0.4, -0.2) is 34.9 Å². The molecule has 0 spiro atoms. The van der Waals surface area contributed by atoms with Crippen molar-refractivity contribution in [1.29, 1.82) is 0 Å². The van der Waals surface area contributed by atoms with Gasteiger partial charge >= 0.3 is 0 Å². The van der Waals surface area contributed by atoms with Gasteiger partial charge in [0.05, 0.1) is 24.8 Å². The third kappa shape index (κ3) is 4.66. The molecule has 0 saturated carbocycles. The molecule has 3 aromatic rings. The Balaban J connectivity index is 1.74. The van der Waals surface area contributed by atoms with Gasteiger partial charge in [0.25, 0.3) is 11.7 Å². The SMILES string of the molecule is CCOc1ccc(CN2C(=O)C(=O)/C(=C(\O)c3ccc(OCC)cc3)C2c2ccccc2)cc1. The molecule has 1 heterocycles. The Bertz CT molecular complexity index is 1180. The molecule has 1 unspecified atom stereocenters. The molecule has 1 aliphatic rings. The number of rotatable bonds is 8. The average molecular weight is 458 g/mol. The van der Waals surface area contributed by atoms with Crippen molar-refractivity contribution in [2.24, 2.45) is 0 Å². The van der Waals surface area contributed by atoms with E-state index in [1.807, 2.05) is 68.4 Å². The molecule has 0 aromatic heterocycles. The second kappa shape index (κ2) is 10.3. The second-order valence-corrected chi connectivity index (χ2v) is 7.87. The number of aliphatic hydroxyl groups is 1. The van der Waals surface area contributed by atoms with E-state index in [0.717, 1.165) is 16.9 Å². The lowest BCUT2D eigenvalue weighted by molar-refractivity contribution is -0.140. The van der Waals surface area contributed by atoms with E-state index in [1.165, 1.54) is 4.90 Å². The van der Waals surface area contributed by atoms with Gasteiger partial charge in [-0.15, -0.1) is 0 Å². The Morgan fingerprint density at radius 3 is 1.94 bits per heavy atom. The molecule has 1 fully saturated rings. The number of ether oxygens (including phenoxy) is 2. The highest BCUT2D eigenvalue weighted by Crippen LogP contribution is 2.40. The van der Waals surface area contributed by atoms with Gasteiger partial charge in [-0.1, -0.05) is 42.5 Å². The number of aliphatic hydroxyl groups excluding tert-OH is 1. The van der Waals surface area contributed by atoms with Gasteiger partial charge in [0.1, 0.15) is 17.3 Å². The first-order chi connectivity index (χ1) is 16.5. The van der Waals surface area contributed by atoms with Crippen molar-refractivity contribution in [2.45, 2.75) is 26.4 Å². The maximum Gasteiger partial charge on any atom is 0.295 e. The van der Waals surface area contributed by atoms with E-state index in [0.29, 0.717) is 24.5 Å². The predicted molar refractivity (Wildman–Crippen MR) is 130 cm³/mol. The molecule has 6 nitrogen and oxygen atoms in total. The molecule has 174 valence electrons. The molecule has 1 N–H and O–H groups in total. The molecule has 6 heteroatoms. The van der Waals surface area contributed by atoms with Crippen LogP contribution in [0.3, 0.4) is 0 Å². The molecule has 1 saturated heterocycles. The van der Waals surface area contributed by atoms with Crippen LogP contribution in [0.25, 0.3) is 5.76 Å². The van der Waals surface area contributed by atoms with Crippen LogP contribution in [-0.2, 0) is 16.1 Å². The highest BCUT2D eigenvalue weighted by Gasteiger charge is 2.46. The van der Waals surface area contributed by atoms with E-state index in [1.54, 1.807) is 24.3 Å². The first kappa shape index (κ1) is 23.1. The standard InChI is InChI=1S/C28H27NO5/c1-3-33-22-14-10-19(11-15-22)18-29-25(20-8-6-5-7-9-20)24(27(31)28(29)32)26(30)21-12-16-23(17-13-21)34-4-2/h5-17,25,30H,3-4,18H2,1-2H3/b26-24-. The first-order valence-corrected chi connectivity index (χ1v) is 11.3. The molecule has 1 amide bonds. The fraction of sp³-hybridized carbons (Fsp3) is 0.214. The Labute approximate surface area is 199 Å². The number of carbonyl (C=O) groups is 2. The lowest BCUT2D eigenvalue weighted by atomic mass is 9.95. The molecule has 0 bridgehead atoms. The normalized spacial score (nSPS) is 17.1. The minimum absolute atomic E-state index is 0.0753. The van der Waals surface area contributed by atoms with Gasteiger partial charge in [0, 0.05) is 12.1 Å². The lowest BCUT2D eigenvalue weighted by Gasteiger charge is -2.25. The van der Waals surface area contributed by atoms with Gasteiger partial charge in [-0.05, 0) is 61.4 Å². The Morgan fingerprint density at radius 1 is 0.824 bits per heavy atom. The Hall–Kier alpha value is -4.06. The van der Waals surface area contributed by atoms with Gasteiger partial charge in [-0.3, -0.25) is 9.59 Å². The van der Waals surface area contributed by atoms with Crippen LogP contribution in [0.15, 0.2) is 84.4 Å². The van der Waals surface area contributed by atoms with E-state index in [2.05, 4.69) is 0 Å². The van der Waals surface area contributed by atoms with Crippen LogP contribution in [0.2, 0.25) is 0 Å². The smallest absolute Gasteiger partial charge is 0.295 e. The summed E-state index contributed by atoms with van der Waals surface area (Å²) in [5.41, 5.74) is 2.13. The van der Waals surface area contributed by atoms with E-state index in [9.17, 15) is 14.7 Å². The van der Waals surface area contributed by atoms with Crippen LogP contribution >= 0.6 is 0 Å². The van der Waals surface area contributed by atoms with Crippen molar-refractivity contribution in [3.63, 3.8) is 0 Å². The molecule has 34 heavy (non-hydrogen) atoms. The quantitative estimate of drug-likeness (QED) is 0.289. The predicted octanol–water partition coefficient (Wildman–Crippen LogP) is 5.11. The number of nitrogens with zero attached hydrogens (tertiary/aromatic N) is 1. The summed E-state index contributed by atoms with van der Waals surface area (Å²) in [7, 11) is 0. The van der Waals surface area contributed by atoms with Gasteiger partial charge in [0.2, 0.25) is 0 Å². The number of hydrogen-bond donors (Lipinski definition) is 1. The fourth-order valence-electron chi connectivity index (χ4n) is 4.11. The van der Waals surface area contributed by atoms with Crippen LogP contribution in [0.1, 0.15) is 36.6 Å². The van der Waals surface area contributed by atoms with Gasteiger partial charge in [-0.2, -0.15) is 0 Å². The maximum atomic E-state index is 13.2. The number of likely N-dealkylation sites (tertiary alicyclic amines) is 1. The highest BCUT2D eigenvalue weighted by atomic mass is 16.5. The first-order valence-electron chi connectivity index (χ1n) is 11.3. The number of carbonyl (C=O) groups excluding carboxylic acids is 2. The van der Waals surface area contributed by atoms with Crippen molar-refractivity contribution in [3.8, 4) is 11.5 Å². The molecule has 3 aromatic carbocycles. The summed E-state index contributed by atoms with van der Waals surface area (Å²) < 4.78 is 11.0. The van der Waals surface area contributed by atoms with Crippen LogP contribution < -0.4 is 9.47 Å². The maximum absolute atomic E-state index is 13.2. The summed E-state index contributed by atoms with van der Waals surface area (Å²) >= 11 is 0. The molecular weight excluding hydrogens is 430 g/mol. The van der Waals surface area contributed by atoms with Crippen molar-refractivity contribution < 1.29 is 24.2 Å². The van der Waals surface area contributed by atoms with Crippen LogP contribution in [0, 0.1) is 0 Å². The Kier molecular flexibility index (Phi) is 6.97. The zero-order chi connectivity index (χ0) is 24.1. The van der Waals surface area contributed by atoms with Gasteiger partial charge in [-0.25, -0.2) is 0 Å². The number of amides is 1. The summed E-state index contributed by atoms with van der Waals surface area (Å²) in [6.45, 7) is 5.11. The Morgan fingerprint density at radius 2 is 1.38 bits per heavy atom. The van der Waals surface area contributed by atoms with Crippen molar-refractivity contribution in [3.05, 3.63) is 101 Å². The summed E-state index contributed by atoms with van der Waals surface area (Å²) in [6, 6.07) is 22.8. The molecular formula is C28H27NO5. The topological polar surface area (TPSA) is 76.1 Å². The zero-order valence-corrected chi connectivity index (χ0v) is 19.2. The monoisotopic (exact) mass is 457 g/mol. The fourth-order valence-corrected chi connectivity index (χ4v) is 4.11. The number of benzene rings is 3. The summed E-state index contributed by atoms with van der Waals surface area (Å²) in [4.78, 5) is 27.8. The number of Topliss-reactive ketones (excluding diaryl/α,β-unsaturated/α-hetero) is 1. The highest BCUT2D eigenvalue weighted by molar-refractivity contribution is 6.46. The molecule has 1 atom stereocenters. The third-order valence-electron chi connectivity index (χ3n) is 5.68. The summed E-state index contributed by atoms with van der Waals surface area (Å²) in [5, 5.41) is 11.2. The van der Waals surface area contributed by atoms with Crippen LogP contribution in [0.5, 0.6) is 11.5 Å². The molecule has 0 aliphatic carbocycles. The van der Waals surface area contributed by atoms with Crippen LogP contribution in [0.4, 0.5) is 0 Å². The van der Waals surface area contributed by atoms with Crippen molar-refractivity contribution >= 4 is 17.4 Å². The van der Waals surface area contributed by atoms with Gasteiger partial charge < -0.3 is 19.5 Å². The molecule has 1 aliphatic heterocycles. The number of hydrogen-bond acceptors (Lipinski definition) is 5. The summed E-state index contributed by atoms with van der Waals surface area (Å²) in [5.74, 6) is -0.149. The van der Waals surface area contributed by atoms with E-state index >= 15 is 0 Å². The number of ketones is 1. The average Bonchev–Trinajstić information content (AvgIpc) is 3.11. The van der Waals surface area contributed by atoms with E-state index < -0.39 is 17.7 Å². The van der Waals surface area contributed by atoms with Gasteiger partial charge in [0.15, 0.2) is 0 Å². The summed E-state index contributed by atoms with van der Waals surface area (Å²) in [6.07, 6.45) is 0. The minimum Gasteiger partial charge on any atom is -0.507 e. The van der Waals surface area contributed by atoms with E-state index in [4.69, 9.17) is 9.47 Å². The zero-order valence-electron chi connectivity index (χ0n) is 19.2. The third-order valence-corrected chi connectivity index (χ3v) is 5.68. The minimum atomic E-state index is -0.709. The van der Waals surface area contributed by atoms with E-state index in [-0.39, 0.29) is 17.9 Å².